The van der Waals surface area contributed by atoms with E-state index in [1.807, 2.05) is 0 Å². The van der Waals surface area contributed by atoms with Crippen molar-refractivity contribution in [3.8, 4) is 0 Å². The van der Waals surface area contributed by atoms with Gasteiger partial charge in [-0.15, -0.1) is 0 Å². The number of nitrogens with zero attached hydrogens (tertiary/aromatic N) is 1. The molecule has 114 valence electrons. The molecule has 0 spiro atoms. The van der Waals surface area contributed by atoms with Gasteiger partial charge in [0.05, 0.1) is 11.1 Å². The largest absolute Gasteiger partial charge is 0.455 e. The highest BCUT2D eigenvalue weighted by molar-refractivity contribution is 9.09. The Morgan fingerprint density at radius 3 is 2.43 bits per heavy atom. The van der Waals surface area contributed by atoms with Crippen LogP contribution in [0.15, 0.2) is 24.1 Å². The standard InChI is InChI=1S/C14H13BrF3NO2/c1-7-4-5-8(6-9(7)14(16,17)18)10-11(20)12(15)21-13(10)19(2)3/h4-6,12H,1-3H3. The fraction of sp³-hybridized carbons (Fsp3) is 0.357. The third-order valence-corrected chi connectivity index (χ3v) is 3.72. The summed E-state index contributed by atoms with van der Waals surface area (Å²) in [5, 5.41) is -0.875. The maximum atomic E-state index is 13.0. The molecular formula is C14H13BrF3NO2. The number of hydrogen-bond acceptors (Lipinski definition) is 3. The van der Waals surface area contributed by atoms with Crippen molar-refractivity contribution < 1.29 is 22.7 Å². The maximum absolute atomic E-state index is 13.0. The Bertz CT molecular complexity index is 623. The average molecular weight is 364 g/mol. The lowest BCUT2D eigenvalue weighted by Crippen LogP contribution is -2.13. The van der Waals surface area contributed by atoms with Crippen LogP contribution in [0, 0.1) is 6.92 Å². The molecule has 3 nitrogen and oxygen atoms in total. The van der Waals surface area contributed by atoms with Gasteiger partial charge in [-0.1, -0.05) is 12.1 Å². The molecule has 0 amide bonds. The Hall–Kier alpha value is -1.50. The molecule has 0 bridgehead atoms. The van der Waals surface area contributed by atoms with Gasteiger partial charge in [0, 0.05) is 14.1 Å². The summed E-state index contributed by atoms with van der Waals surface area (Å²) in [5.41, 5.74) is -0.299. The molecule has 0 saturated heterocycles. The summed E-state index contributed by atoms with van der Waals surface area (Å²) in [5.74, 6) is -0.144. The van der Waals surface area contributed by atoms with Crippen molar-refractivity contribution in [1.82, 2.24) is 4.90 Å². The smallest absolute Gasteiger partial charge is 0.416 e. The minimum absolute atomic E-state index is 0.111. The highest BCUT2D eigenvalue weighted by Crippen LogP contribution is 2.37. The van der Waals surface area contributed by atoms with E-state index in [1.165, 1.54) is 19.1 Å². The van der Waals surface area contributed by atoms with Crippen molar-refractivity contribution in [1.29, 1.82) is 0 Å². The molecule has 0 fully saturated rings. The molecule has 1 aromatic carbocycles. The molecule has 1 aliphatic heterocycles. The number of carbonyl (C=O) groups is 1. The van der Waals surface area contributed by atoms with Crippen LogP contribution >= 0.6 is 15.9 Å². The van der Waals surface area contributed by atoms with Crippen LogP contribution in [0.3, 0.4) is 0 Å². The quantitative estimate of drug-likeness (QED) is 0.752. The number of aryl methyl sites for hydroxylation is 1. The van der Waals surface area contributed by atoms with Gasteiger partial charge in [-0.2, -0.15) is 13.2 Å². The molecule has 1 atom stereocenters. The highest BCUT2D eigenvalue weighted by atomic mass is 79.9. The van der Waals surface area contributed by atoms with Gasteiger partial charge in [-0.05, 0) is 40.0 Å². The minimum atomic E-state index is -4.46. The molecule has 7 heteroatoms. The van der Waals surface area contributed by atoms with Gasteiger partial charge in [0.25, 0.3) is 0 Å². The number of Topliss-reactive ketones (excluding diaryl/α,β-unsaturated/α-hetero) is 1. The molecule has 21 heavy (non-hydrogen) atoms. The molecule has 0 saturated carbocycles. The lowest BCUT2D eigenvalue weighted by atomic mass is 9.98. The van der Waals surface area contributed by atoms with E-state index in [2.05, 4.69) is 15.9 Å². The van der Waals surface area contributed by atoms with Crippen molar-refractivity contribution in [3.63, 3.8) is 0 Å². The number of carbonyl (C=O) groups excluding carboxylic acids is 1. The first-order valence-electron chi connectivity index (χ1n) is 6.07. The van der Waals surface area contributed by atoms with Gasteiger partial charge in [-0.25, -0.2) is 0 Å². The molecule has 1 aromatic rings. The first-order chi connectivity index (χ1) is 9.62. The molecule has 0 radical (unpaired) electrons. The summed E-state index contributed by atoms with van der Waals surface area (Å²) in [4.78, 5) is 13.7. The van der Waals surface area contributed by atoms with Crippen molar-refractivity contribution in [2.45, 2.75) is 18.1 Å². The van der Waals surface area contributed by atoms with E-state index in [9.17, 15) is 18.0 Å². The van der Waals surface area contributed by atoms with Crippen LogP contribution < -0.4 is 0 Å². The van der Waals surface area contributed by atoms with Gasteiger partial charge in [0.15, 0.2) is 0 Å². The zero-order valence-corrected chi connectivity index (χ0v) is 13.2. The van der Waals surface area contributed by atoms with Crippen LogP contribution in [0.4, 0.5) is 13.2 Å². The van der Waals surface area contributed by atoms with Crippen LogP contribution in [0.1, 0.15) is 16.7 Å². The van der Waals surface area contributed by atoms with Crippen LogP contribution in [0.25, 0.3) is 5.57 Å². The maximum Gasteiger partial charge on any atom is 0.416 e. The third kappa shape index (κ3) is 2.92. The molecule has 0 N–H and O–H groups in total. The van der Waals surface area contributed by atoms with Crippen molar-refractivity contribution in [2.75, 3.05) is 14.1 Å². The first-order valence-corrected chi connectivity index (χ1v) is 6.99. The zero-order chi connectivity index (χ0) is 15.9. The van der Waals surface area contributed by atoms with E-state index < -0.39 is 22.5 Å². The number of benzene rings is 1. The van der Waals surface area contributed by atoms with Gasteiger partial charge >= 0.3 is 6.18 Å². The van der Waals surface area contributed by atoms with E-state index >= 15 is 0 Å². The van der Waals surface area contributed by atoms with E-state index in [-0.39, 0.29) is 22.6 Å². The minimum Gasteiger partial charge on any atom is -0.455 e. The SMILES string of the molecule is Cc1ccc(C2=C(N(C)C)OC(Br)C2=O)cc1C(F)(F)F. The summed E-state index contributed by atoms with van der Waals surface area (Å²) in [6, 6.07) is 3.84. The van der Waals surface area contributed by atoms with Crippen molar-refractivity contribution >= 4 is 27.3 Å². The number of rotatable bonds is 2. The number of ether oxygens (including phenoxy) is 1. The van der Waals surface area contributed by atoms with Crippen molar-refractivity contribution in [2.24, 2.45) is 0 Å². The monoisotopic (exact) mass is 363 g/mol. The molecule has 0 aliphatic carbocycles. The second-order valence-electron chi connectivity index (χ2n) is 4.90. The summed E-state index contributed by atoms with van der Waals surface area (Å²) in [6.07, 6.45) is -4.46. The molecular weight excluding hydrogens is 351 g/mol. The highest BCUT2D eigenvalue weighted by Gasteiger charge is 2.37. The predicted molar refractivity (Wildman–Crippen MR) is 75.6 cm³/mol. The zero-order valence-electron chi connectivity index (χ0n) is 11.6. The summed E-state index contributed by atoms with van der Waals surface area (Å²) in [7, 11) is 3.32. The van der Waals surface area contributed by atoms with E-state index in [0.29, 0.717) is 0 Å². The second kappa shape index (κ2) is 5.36. The van der Waals surface area contributed by atoms with E-state index in [4.69, 9.17) is 4.74 Å². The first kappa shape index (κ1) is 15.9. The fourth-order valence-corrected chi connectivity index (χ4v) is 2.51. The average Bonchev–Trinajstić information content (AvgIpc) is 2.66. The number of hydrogen-bond donors (Lipinski definition) is 0. The Morgan fingerprint density at radius 1 is 1.29 bits per heavy atom. The van der Waals surface area contributed by atoms with E-state index in [0.717, 1.165) is 6.07 Å². The van der Waals surface area contributed by atoms with Gasteiger partial charge in [0.2, 0.25) is 16.7 Å². The number of halogens is 4. The fourth-order valence-electron chi connectivity index (χ4n) is 2.11. The Morgan fingerprint density at radius 2 is 1.90 bits per heavy atom. The van der Waals surface area contributed by atoms with Crippen molar-refractivity contribution in [3.05, 3.63) is 40.8 Å². The predicted octanol–water partition coefficient (Wildman–Crippen LogP) is 3.56. The van der Waals surface area contributed by atoms with Gasteiger partial charge in [-0.3, -0.25) is 4.79 Å². The van der Waals surface area contributed by atoms with Gasteiger partial charge in [0.1, 0.15) is 0 Å². The molecule has 2 rings (SSSR count). The van der Waals surface area contributed by atoms with Crippen LogP contribution in [-0.4, -0.2) is 29.8 Å². The Balaban J connectivity index is 2.61. The van der Waals surface area contributed by atoms with Crippen LogP contribution in [0.2, 0.25) is 0 Å². The van der Waals surface area contributed by atoms with E-state index in [1.54, 1.807) is 19.0 Å². The molecule has 1 unspecified atom stereocenters. The molecule has 1 heterocycles. The second-order valence-corrected chi connectivity index (χ2v) is 5.73. The Kier molecular flexibility index (Phi) is 4.06. The number of ketones is 1. The topological polar surface area (TPSA) is 29.5 Å². The van der Waals surface area contributed by atoms with Crippen LogP contribution in [-0.2, 0) is 15.7 Å². The summed E-state index contributed by atoms with van der Waals surface area (Å²) in [6.45, 7) is 1.38. The third-order valence-electron chi connectivity index (χ3n) is 3.12. The summed E-state index contributed by atoms with van der Waals surface area (Å²) < 4.78 is 44.3. The number of alkyl halides is 4. The normalized spacial score (nSPS) is 19.0. The lowest BCUT2D eigenvalue weighted by Gasteiger charge is -2.16. The van der Waals surface area contributed by atoms with Gasteiger partial charge < -0.3 is 9.64 Å². The molecule has 1 aliphatic rings. The Labute approximate surface area is 128 Å². The van der Waals surface area contributed by atoms with Crippen LogP contribution in [0.5, 0.6) is 0 Å². The lowest BCUT2D eigenvalue weighted by molar-refractivity contribution is -0.138. The molecule has 0 aromatic heterocycles. The summed E-state index contributed by atoms with van der Waals surface area (Å²) >= 11 is 3.06.